The molecule has 166 valence electrons. The van der Waals surface area contributed by atoms with Crippen molar-refractivity contribution in [1.82, 2.24) is 25.0 Å². The Kier molecular flexibility index (Phi) is 6.66. The Morgan fingerprint density at radius 1 is 1.22 bits per heavy atom. The van der Waals surface area contributed by atoms with E-state index in [1.807, 2.05) is 54.0 Å². The van der Waals surface area contributed by atoms with Crippen molar-refractivity contribution in [3.05, 3.63) is 53.6 Å². The molecule has 1 fully saturated rings. The summed E-state index contributed by atoms with van der Waals surface area (Å²) in [6.07, 6.45) is 0. The maximum Gasteiger partial charge on any atom is 0.324 e. The standard InChI is InChI=1S/C22H22ClN5O3S/c1-3-31-16-10-8-15(9-11-16)28-19(17-6-4-5-7-18(17)23)25-26-22(28)32-14(2)20(29)27-13-12-24-21(27)30/h4-11,14H,3,12-13H2,1-2H3,(H,24,30). The number of amides is 3. The van der Waals surface area contributed by atoms with E-state index in [-0.39, 0.29) is 11.9 Å². The fraction of sp³-hybridized carbons (Fsp3) is 0.273. The molecule has 0 spiro atoms. The van der Waals surface area contributed by atoms with E-state index in [9.17, 15) is 9.59 Å². The van der Waals surface area contributed by atoms with Crippen LogP contribution in [-0.4, -0.2) is 56.5 Å². The summed E-state index contributed by atoms with van der Waals surface area (Å²) in [6.45, 7) is 5.07. The molecule has 2 aromatic carbocycles. The maximum absolute atomic E-state index is 12.8. The second-order valence-electron chi connectivity index (χ2n) is 7.03. The highest BCUT2D eigenvalue weighted by Gasteiger charge is 2.31. The van der Waals surface area contributed by atoms with Gasteiger partial charge in [-0.25, -0.2) is 4.79 Å². The van der Waals surface area contributed by atoms with E-state index in [0.717, 1.165) is 17.0 Å². The second-order valence-corrected chi connectivity index (χ2v) is 8.75. The van der Waals surface area contributed by atoms with E-state index in [2.05, 4.69) is 15.5 Å². The molecule has 32 heavy (non-hydrogen) atoms. The second kappa shape index (κ2) is 9.62. The van der Waals surface area contributed by atoms with Crippen LogP contribution < -0.4 is 10.1 Å². The summed E-state index contributed by atoms with van der Waals surface area (Å²) in [6, 6.07) is 14.6. The number of aromatic nitrogens is 3. The van der Waals surface area contributed by atoms with Gasteiger partial charge >= 0.3 is 6.03 Å². The van der Waals surface area contributed by atoms with Gasteiger partial charge < -0.3 is 10.1 Å². The van der Waals surface area contributed by atoms with E-state index in [1.54, 1.807) is 13.0 Å². The van der Waals surface area contributed by atoms with E-state index >= 15 is 0 Å². The Morgan fingerprint density at radius 2 is 1.97 bits per heavy atom. The van der Waals surface area contributed by atoms with Crippen molar-refractivity contribution < 1.29 is 14.3 Å². The number of nitrogens with zero attached hydrogens (tertiary/aromatic N) is 4. The predicted octanol–water partition coefficient (Wildman–Crippen LogP) is 4.02. The lowest BCUT2D eigenvalue weighted by molar-refractivity contribution is -0.126. The van der Waals surface area contributed by atoms with Crippen LogP contribution in [0.4, 0.5) is 4.79 Å². The van der Waals surface area contributed by atoms with Crippen molar-refractivity contribution in [1.29, 1.82) is 0 Å². The molecular formula is C22H22ClN5O3S. The number of carbonyl (C=O) groups excluding carboxylic acids is 2. The van der Waals surface area contributed by atoms with Crippen LogP contribution in [0.25, 0.3) is 17.1 Å². The first-order chi connectivity index (χ1) is 15.5. The summed E-state index contributed by atoms with van der Waals surface area (Å²) in [5, 5.41) is 11.9. The summed E-state index contributed by atoms with van der Waals surface area (Å²) < 4.78 is 7.41. The van der Waals surface area contributed by atoms with Gasteiger partial charge in [0.15, 0.2) is 11.0 Å². The molecule has 1 aliphatic heterocycles. The number of imide groups is 1. The average molecular weight is 472 g/mol. The number of rotatable bonds is 7. The highest BCUT2D eigenvalue weighted by molar-refractivity contribution is 8.00. The highest BCUT2D eigenvalue weighted by Crippen LogP contribution is 2.34. The quantitative estimate of drug-likeness (QED) is 0.523. The number of halogens is 1. The number of benzene rings is 2. The monoisotopic (exact) mass is 471 g/mol. The van der Waals surface area contributed by atoms with Crippen molar-refractivity contribution in [2.75, 3.05) is 19.7 Å². The summed E-state index contributed by atoms with van der Waals surface area (Å²) in [7, 11) is 0. The molecule has 1 saturated heterocycles. The van der Waals surface area contributed by atoms with Crippen LogP contribution in [0.1, 0.15) is 13.8 Å². The minimum absolute atomic E-state index is 0.273. The molecule has 3 amide bonds. The number of urea groups is 1. The van der Waals surface area contributed by atoms with Gasteiger partial charge in [-0.3, -0.25) is 14.3 Å². The third kappa shape index (κ3) is 4.44. The Balaban J connectivity index is 1.71. The molecule has 8 nitrogen and oxygen atoms in total. The number of carbonyl (C=O) groups is 2. The SMILES string of the molecule is CCOc1ccc(-n2c(SC(C)C(=O)N3CCNC3=O)nnc2-c2ccccc2Cl)cc1. The van der Waals surface area contributed by atoms with Crippen LogP contribution >= 0.6 is 23.4 Å². The molecule has 1 aromatic heterocycles. The first kappa shape index (κ1) is 22.2. The van der Waals surface area contributed by atoms with Crippen molar-refractivity contribution in [2.24, 2.45) is 0 Å². The Labute approximate surface area is 194 Å². The molecule has 1 unspecified atom stereocenters. The number of hydrogen-bond donors (Lipinski definition) is 1. The van der Waals surface area contributed by atoms with Gasteiger partial charge in [-0.1, -0.05) is 35.5 Å². The molecule has 3 aromatic rings. The minimum atomic E-state index is -0.538. The topological polar surface area (TPSA) is 89.4 Å². The molecule has 1 aliphatic rings. The van der Waals surface area contributed by atoms with Crippen LogP contribution in [0.15, 0.2) is 53.7 Å². The number of nitrogens with one attached hydrogen (secondary N) is 1. The van der Waals surface area contributed by atoms with E-state index in [1.165, 1.54) is 16.7 Å². The number of ether oxygens (including phenoxy) is 1. The largest absolute Gasteiger partial charge is 0.494 e. The first-order valence-corrected chi connectivity index (χ1v) is 11.4. The molecule has 10 heteroatoms. The molecule has 0 bridgehead atoms. The Hall–Kier alpha value is -3.04. The minimum Gasteiger partial charge on any atom is -0.494 e. The van der Waals surface area contributed by atoms with Gasteiger partial charge in [-0.15, -0.1) is 10.2 Å². The summed E-state index contributed by atoms with van der Waals surface area (Å²) in [5.41, 5.74) is 1.52. The fourth-order valence-corrected chi connectivity index (χ4v) is 4.51. The third-order valence-corrected chi connectivity index (χ3v) is 6.27. The summed E-state index contributed by atoms with van der Waals surface area (Å²) in [4.78, 5) is 25.9. The lowest BCUT2D eigenvalue weighted by Crippen LogP contribution is -2.39. The van der Waals surface area contributed by atoms with Crippen molar-refractivity contribution in [3.63, 3.8) is 0 Å². The van der Waals surface area contributed by atoms with Gasteiger partial charge in [0.25, 0.3) is 0 Å². The van der Waals surface area contributed by atoms with Crippen LogP contribution in [0.3, 0.4) is 0 Å². The first-order valence-electron chi connectivity index (χ1n) is 10.2. The molecular weight excluding hydrogens is 450 g/mol. The number of hydrogen-bond acceptors (Lipinski definition) is 6. The Bertz CT molecular complexity index is 1130. The molecule has 4 rings (SSSR count). The molecule has 2 heterocycles. The molecule has 0 radical (unpaired) electrons. The van der Waals surface area contributed by atoms with Gasteiger partial charge in [-0.05, 0) is 50.2 Å². The van der Waals surface area contributed by atoms with Gasteiger partial charge in [0.1, 0.15) is 5.75 Å². The lowest BCUT2D eigenvalue weighted by atomic mass is 10.2. The maximum atomic E-state index is 12.8. The van der Waals surface area contributed by atoms with Crippen molar-refractivity contribution >= 4 is 35.3 Å². The summed E-state index contributed by atoms with van der Waals surface area (Å²) in [5.74, 6) is 1.03. The van der Waals surface area contributed by atoms with Gasteiger partial charge in [-0.2, -0.15) is 0 Å². The average Bonchev–Trinajstić information content (AvgIpc) is 3.40. The number of thioether (sulfide) groups is 1. The van der Waals surface area contributed by atoms with Crippen molar-refractivity contribution in [3.8, 4) is 22.8 Å². The van der Waals surface area contributed by atoms with Crippen LogP contribution in [-0.2, 0) is 4.79 Å². The third-order valence-electron chi connectivity index (χ3n) is 4.91. The molecule has 0 aliphatic carbocycles. The van der Waals surface area contributed by atoms with Crippen molar-refractivity contribution in [2.45, 2.75) is 24.3 Å². The zero-order chi connectivity index (χ0) is 22.7. The zero-order valence-electron chi connectivity index (χ0n) is 17.6. The smallest absolute Gasteiger partial charge is 0.324 e. The predicted molar refractivity (Wildman–Crippen MR) is 123 cm³/mol. The van der Waals surface area contributed by atoms with Crippen LogP contribution in [0.2, 0.25) is 5.02 Å². The fourth-order valence-electron chi connectivity index (χ4n) is 3.36. The van der Waals surface area contributed by atoms with Crippen LogP contribution in [0.5, 0.6) is 5.75 Å². The van der Waals surface area contributed by atoms with Gasteiger partial charge in [0.05, 0.1) is 16.9 Å². The van der Waals surface area contributed by atoms with Crippen LogP contribution in [0, 0.1) is 0 Å². The zero-order valence-corrected chi connectivity index (χ0v) is 19.2. The normalized spacial score (nSPS) is 14.3. The molecule has 0 saturated carbocycles. The molecule has 1 N–H and O–H groups in total. The molecule has 1 atom stereocenters. The lowest BCUT2D eigenvalue weighted by Gasteiger charge is -2.18. The van der Waals surface area contributed by atoms with Gasteiger partial charge in [0.2, 0.25) is 5.91 Å². The van der Waals surface area contributed by atoms with E-state index in [0.29, 0.717) is 35.7 Å². The van der Waals surface area contributed by atoms with E-state index < -0.39 is 5.25 Å². The van der Waals surface area contributed by atoms with Gasteiger partial charge in [0, 0.05) is 24.3 Å². The summed E-state index contributed by atoms with van der Waals surface area (Å²) >= 11 is 7.68. The van der Waals surface area contributed by atoms with E-state index in [4.69, 9.17) is 16.3 Å². The highest BCUT2D eigenvalue weighted by atomic mass is 35.5. The Morgan fingerprint density at radius 3 is 2.62 bits per heavy atom.